The topological polar surface area (TPSA) is 74.0 Å². The van der Waals surface area contributed by atoms with E-state index in [0.29, 0.717) is 18.7 Å². The number of amides is 1. The van der Waals surface area contributed by atoms with Gasteiger partial charge in [0.1, 0.15) is 6.04 Å². The molecule has 1 amide bonds. The molecule has 0 bridgehead atoms. The van der Waals surface area contributed by atoms with Crippen LogP contribution >= 0.6 is 0 Å². The van der Waals surface area contributed by atoms with E-state index in [1.165, 1.54) is 0 Å². The lowest BCUT2D eigenvalue weighted by Gasteiger charge is -2.31. The van der Waals surface area contributed by atoms with Gasteiger partial charge < -0.3 is 10.2 Å². The molecule has 90 valence electrons. The minimum absolute atomic E-state index is 0.108. The molecule has 1 N–H and O–H groups in total. The second-order valence-electron chi connectivity index (χ2n) is 4.11. The lowest BCUT2D eigenvalue weighted by molar-refractivity contribution is 0.0686. The van der Waals surface area contributed by atoms with Crippen LogP contribution in [0.25, 0.3) is 0 Å². The number of hydrogen-bond donors (Lipinski definition) is 1. The summed E-state index contributed by atoms with van der Waals surface area (Å²) in [5, 5.41) is 16.2. The van der Waals surface area contributed by atoms with Gasteiger partial charge in [-0.1, -0.05) is 0 Å². The highest BCUT2D eigenvalue weighted by Crippen LogP contribution is 2.13. The van der Waals surface area contributed by atoms with Gasteiger partial charge in [-0.2, -0.15) is 10.4 Å². The average Bonchev–Trinajstić information content (AvgIpc) is 2.69. The predicted molar refractivity (Wildman–Crippen MR) is 61.3 cm³/mol. The maximum Gasteiger partial charge on any atom is 0.258 e. The van der Waals surface area contributed by atoms with Gasteiger partial charge in [0.2, 0.25) is 0 Å². The first-order valence-electron chi connectivity index (χ1n) is 5.55. The van der Waals surface area contributed by atoms with E-state index >= 15 is 0 Å². The zero-order valence-corrected chi connectivity index (χ0v) is 9.97. The molecule has 1 saturated heterocycles. The van der Waals surface area contributed by atoms with Gasteiger partial charge in [-0.05, 0) is 6.92 Å². The first-order valence-corrected chi connectivity index (χ1v) is 5.55. The molecule has 1 aromatic heterocycles. The molecule has 2 rings (SSSR count). The number of carbonyl (C=O) groups excluding carboxylic acids is 1. The van der Waals surface area contributed by atoms with Gasteiger partial charge in [0.15, 0.2) is 0 Å². The zero-order chi connectivity index (χ0) is 12.4. The first kappa shape index (κ1) is 11.6. The number of carbonyl (C=O) groups is 1. The smallest absolute Gasteiger partial charge is 0.258 e. The molecule has 1 aliphatic rings. The maximum atomic E-state index is 12.3. The van der Waals surface area contributed by atoms with Crippen molar-refractivity contribution < 1.29 is 4.79 Å². The number of aryl methyl sites for hydroxylation is 1. The van der Waals surface area contributed by atoms with Crippen molar-refractivity contribution in [2.75, 3.05) is 19.6 Å². The monoisotopic (exact) mass is 233 g/mol. The molecular weight excluding hydrogens is 218 g/mol. The third kappa shape index (κ3) is 2.01. The summed E-state index contributed by atoms with van der Waals surface area (Å²) in [6, 6.07) is 1.75. The highest BCUT2D eigenvalue weighted by Gasteiger charge is 2.28. The summed E-state index contributed by atoms with van der Waals surface area (Å²) in [4.78, 5) is 13.9. The van der Waals surface area contributed by atoms with Crippen molar-refractivity contribution in [2.24, 2.45) is 7.05 Å². The summed E-state index contributed by atoms with van der Waals surface area (Å²) < 4.78 is 1.66. The molecule has 1 unspecified atom stereocenters. The van der Waals surface area contributed by atoms with E-state index in [9.17, 15) is 4.79 Å². The molecule has 0 aliphatic carbocycles. The molecule has 1 atom stereocenters. The van der Waals surface area contributed by atoms with E-state index in [4.69, 9.17) is 5.26 Å². The molecule has 17 heavy (non-hydrogen) atoms. The van der Waals surface area contributed by atoms with Crippen molar-refractivity contribution in [3.8, 4) is 6.07 Å². The number of nitrogens with one attached hydrogen (secondary N) is 1. The Hall–Kier alpha value is -1.87. The fourth-order valence-corrected chi connectivity index (χ4v) is 1.93. The number of rotatable bonds is 1. The molecule has 2 heterocycles. The van der Waals surface area contributed by atoms with E-state index in [-0.39, 0.29) is 5.91 Å². The number of nitriles is 1. The molecule has 0 saturated carbocycles. The Kier molecular flexibility index (Phi) is 3.11. The van der Waals surface area contributed by atoms with Crippen LogP contribution < -0.4 is 5.32 Å². The van der Waals surface area contributed by atoms with Gasteiger partial charge in [-0.15, -0.1) is 0 Å². The van der Waals surface area contributed by atoms with Crippen molar-refractivity contribution in [3.05, 3.63) is 17.5 Å². The van der Waals surface area contributed by atoms with Gasteiger partial charge in [0, 0.05) is 32.4 Å². The second-order valence-corrected chi connectivity index (χ2v) is 4.11. The lowest BCUT2D eigenvalue weighted by atomic mass is 10.1. The third-order valence-electron chi connectivity index (χ3n) is 3.12. The molecule has 0 spiro atoms. The van der Waals surface area contributed by atoms with E-state index in [1.54, 1.807) is 22.8 Å². The molecule has 6 heteroatoms. The van der Waals surface area contributed by atoms with Crippen LogP contribution in [0.1, 0.15) is 16.1 Å². The summed E-state index contributed by atoms with van der Waals surface area (Å²) in [5.74, 6) is -0.108. The molecule has 1 aromatic rings. The first-order chi connectivity index (χ1) is 8.15. The summed E-state index contributed by atoms with van der Waals surface area (Å²) >= 11 is 0. The summed E-state index contributed by atoms with van der Waals surface area (Å²) in [5.41, 5.74) is 1.40. The van der Waals surface area contributed by atoms with Crippen LogP contribution in [0.2, 0.25) is 0 Å². The Labute approximate surface area is 99.8 Å². The van der Waals surface area contributed by atoms with Gasteiger partial charge in [0.25, 0.3) is 5.91 Å². The standard InChI is InChI=1S/C11H15N5O/c1-8-10(7-14-15(8)2)11(17)16-4-3-13-6-9(16)5-12/h7,9,13H,3-4,6H2,1-2H3. The van der Waals surface area contributed by atoms with Crippen molar-refractivity contribution in [3.63, 3.8) is 0 Å². The van der Waals surface area contributed by atoms with E-state index in [1.807, 2.05) is 6.92 Å². The minimum Gasteiger partial charge on any atom is -0.320 e. The normalized spacial score (nSPS) is 20.1. The average molecular weight is 233 g/mol. The number of aromatic nitrogens is 2. The Balaban J connectivity index is 2.25. The fourth-order valence-electron chi connectivity index (χ4n) is 1.93. The Morgan fingerprint density at radius 2 is 2.47 bits per heavy atom. The molecule has 0 radical (unpaired) electrons. The van der Waals surface area contributed by atoms with Crippen LogP contribution in [-0.2, 0) is 7.05 Å². The van der Waals surface area contributed by atoms with Crippen LogP contribution in [0.15, 0.2) is 6.20 Å². The van der Waals surface area contributed by atoms with Crippen LogP contribution in [0.5, 0.6) is 0 Å². The van der Waals surface area contributed by atoms with Crippen molar-refractivity contribution in [1.82, 2.24) is 20.0 Å². The third-order valence-corrected chi connectivity index (χ3v) is 3.12. The van der Waals surface area contributed by atoms with Gasteiger partial charge in [-0.3, -0.25) is 9.48 Å². The quantitative estimate of drug-likeness (QED) is 0.720. The number of hydrogen-bond acceptors (Lipinski definition) is 4. The molecular formula is C11H15N5O. The van der Waals surface area contributed by atoms with E-state index in [2.05, 4.69) is 16.5 Å². The van der Waals surface area contributed by atoms with Crippen molar-refractivity contribution in [1.29, 1.82) is 5.26 Å². The highest BCUT2D eigenvalue weighted by molar-refractivity contribution is 5.95. The zero-order valence-electron chi connectivity index (χ0n) is 9.97. The van der Waals surface area contributed by atoms with Gasteiger partial charge in [0.05, 0.1) is 17.8 Å². The lowest BCUT2D eigenvalue weighted by Crippen LogP contribution is -2.53. The molecule has 1 fully saturated rings. The molecule has 6 nitrogen and oxygen atoms in total. The Morgan fingerprint density at radius 3 is 3.06 bits per heavy atom. The van der Waals surface area contributed by atoms with Gasteiger partial charge in [-0.25, -0.2) is 0 Å². The molecule has 1 aliphatic heterocycles. The van der Waals surface area contributed by atoms with E-state index in [0.717, 1.165) is 12.2 Å². The van der Waals surface area contributed by atoms with Crippen molar-refractivity contribution in [2.45, 2.75) is 13.0 Å². The van der Waals surface area contributed by atoms with Crippen LogP contribution in [0.4, 0.5) is 0 Å². The number of piperazine rings is 1. The maximum absolute atomic E-state index is 12.3. The van der Waals surface area contributed by atoms with Crippen LogP contribution in [0.3, 0.4) is 0 Å². The van der Waals surface area contributed by atoms with Gasteiger partial charge >= 0.3 is 0 Å². The largest absolute Gasteiger partial charge is 0.320 e. The Morgan fingerprint density at radius 1 is 1.71 bits per heavy atom. The predicted octanol–water partition coefficient (Wildman–Crippen LogP) is -0.334. The number of nitrogens with zero attached hydrogens (tertiary/aromatic N) is 4. The van der Waals surface area contributed by atoms with E-state index < -0.39 is 6.04 Å². The SMILES string of the molecule is Cc1c(C(=O)N2CCNCC2C#N)cnn1C. The minimum atomic E-state index is -0.393. The fraction of sp³-hybridized carbons (Fsp3) is 0.545. The summed E-state index contributed by atoms with van der Waals surface area (Å²) in [6.07, 6.45) is 1.56. The van der Waals surface area contributed by atoms with Crippen LogP contribution in [0, 0.1) is 18.3 Å². The summed E-state index contributed by atoms with van der Waals surface area (Å²) in [6.45, 7) is 3.67. The Bertz CT molecular complexity index is 473. The highest BCUT2D eigenvalue weighted by atomic mass is 16.2. The van der Waals surface area contributed by atoms with Crippen molar-refractivity contribution >= 4 is 5.91 Å². The van der Waals surface area contributed by atoms with Crippen LogP contribution in [-0.4, -0.2) is 46.3 Å². The molecule has 0 aromatic carbocycles. The second kappa shape index (κ2) is 4.55. The summed E-state index contributed by atoms with van der Waals surface area (Å²) in [7, 11) is 1.80.